The van der Waals surface area contributed by atoms with E-state index in [1.54, 1.807) is 4.31 Å². The van der Waals surface area contributed by atoms with Crippen LogP contribution in [0.5, 0.6) is 0 Å². The summed E-state index contributed by atoms with van der Waals surface area (Å²) in [5, 5.41) is 3.06. The van der Waals surface area contributed by atoms with Crippen LogP contribution < -0.4 is 5.32 Å². The van der Waals surface area contributed by atoms with Crippen molar-refractivity contribution in [1.82, 2.24) is 13.9 Å². The third kappa shape index (κ3) is 2.74. The number of hydrogen-bond acceptors (Lipinski definition) is 3. The first-order chi connectivity index (χ1) is 7.57. The van der Waals surface area contributed by atoms with E-state index < -0.39 is 10.2 Å². The summed E-state index contributed by atoms with van der Waals surface area (Å²) in [5.41, 5.74) is 0. The quantitative estimate of drug-likeness (QED) is 0.734. The molecule has 1 N–H and O–H groups in total. The van der Waals surface area contributed by atoms with Gasteiger partial charge in [-0.25, -0.2) is 0 Å². The van der Waals surface area contributed by atoms with Crippen LogP contribution in [0.1, 0.15) is 26.7 Å². The molecule has 0 amide bonds. The number of nitrogens with zero attached hydrogens (tertiary/aromatic N) is 2. The van der Waals surface area contributed by atoms with Gasteiger partial charge in [-0.2, -0.15) is 17.0 Å². The highest BCUT2D eigenvalue weighted by Gasteiger charge is 2.36. The monoisotopic (exact) mass is 249 g/mol. The molecule has 0 spiro atoms. The first-order valence-electron chi connectivity index (χ1n) is 5.99. The Labute approximate surface area is 99.0 Å². The van der Waals surface area contributed by atoms with Crippen LogP contribution in [0.25, 0.3) is 0 Å². The molecule has 0 aromatic carbocycles. The first-order valence-corrected chi connectivity index (χ1v) is 7.39. The predicted molar refractivity (Wildman–Crippen MR) is 65.5 cm³/mol. The standard InChI is InChI=1S/C10H23N3O2S/c1-4-12(5-2)16(14,15)13-8-6-7-10(13)9-11-3/h10-11H,4-9H2,1-3H3. The van der Waals surface area contributed by atoms with Gasteiger partial charge in [0.1, 0.15) is 0 Å². The van der Waals surface area contributed by atoms with Crippen LogP contribution in [0, 0.1) is 0 Å². The normalized spacial score (nSPS) is 23.1. The van der Waals surface area contributed by atoms with E-state index in [2.05, 4.69) is 5.32 Å². The minimum Gasteiger partial charge on any atom is -0.318 e. The fourth-order valence-corrected chi connectivity index (χ4v) is 4.12. The van der Waals surface area contributed by atoms with E-state index in [0.29, 0.717) is 19.6 Å². The van der Waals surface area contributed by atoms with Gasteiger partial charge < -0.3 is 5.32 Å². The Bertz CT molecular complexity index is 301. The second-order valence-electron chi connectivity index (χ2n) is 4.06. The largest absolute Gasteiger partial charge is 0.318 e. The summed E-state index contributed by atoms with van der Waals surface area (Å²) >= 11 is 0. The smallest absolute Gasteiger partial charge is 0.282 e. The van der Waals surface area contributed by atoms with Gasteiger partial charge in [0.2, 0.25) is 0 Å². The zero-order valence-corrected chi connectivity index (χ0v) is 11.3. The molecule has 1 unspecified atom stereocenters. The lowest BCUT2D eigenvalue weighted by Crippen LogP contribution is -2.48. The summed E-state index contributed by atoms with van der Waals surface area (Å²) < 4.78 is 27.8. The Morgan fingerprint density at radius 3 is 2.50 bits per heavy atom. The number of rotatable bonds is 6. The lowest BCUT2D eigenvalue weighted by molar-refractivity contribution is 0.330. The first kappa shape index (κ1) is 13.9. The van der Waals surface area contributed by atoms with Crippen molar-refractivity contribution in [3.63, 3.8) is 0 Å². The molecule has 1 rings (SSSR count). The molecule has 1 atom stereocenters. The van der Waals surface area contributed by atoms with Crippen molar-refractivity contribution >= 4 is 10.2 Å². The average molecular weight is 249 g/mol. The lowest BCUT2D eigenvalue weighted by Gasteiger charge is -2.29. The van der Waals surface area contributed by atoms with Crippen LogP contribution in [-0.2, 0) is 10.2 Å². The molecule has 0 bridgehead atoms. The molecule has 1 heterocycles. The van der Waals surface area contributed by atoms with Crippen molar-refractivity contribution in [3.8, 4) is 0 Å². The van der Waals surface area contributed by atoms with Crippen LogP contribution in [0.2, 0.25) is 0 Å². The highest BCUT2D eigenvalue weighted by Crippen LogP contribution is 2.22. The summed E-state index contributed by atoms with van der Waals surface area (Å²) in [5.74, 6) is 0. The topological polar surface area (TPSA) is 52.7 Å². The Balaban J connectivity index is 2.81. The van der Waals surface area contributed by atoms with Gasteiger partial charge in [-0.15, -0.1) is 0 Å². The molecule has 6 heteroatoms. The van der Waals surface area contributed by atoms with Crippen molar-refractivity contribution in [2.45, 2.75) is 32.7 Å². The van der Waals surface area contributed by atoms with Gasteiger partial charge in [-0.1, -0.05) is 13.8 Å². The molecule has 0 radical (unpaired) electrons. The molecule has 1 aliphatic heterocycles. The van der Waals surface area contributed by atoms with E-state index in [1.165, 1.54) is 4.31 Å². The highest BCUT2D eigenvalue weighted by molar-refractivity contribution is 7.86. The molecule has 1 saturated heterocycles. The zero-order valence-electron chi connectivity index (χ0n) is 10.4. The molecule has 0 aromatic rings. The third-order valence-electron chi connectivity index (χ3n) is 3.09. The molecule has 1 aliphatic rings. The zero-order chi connectivity index (χ0) is 12.2. The summed E-state index contributed by atoms with van der Waals surface area (Å²) in [4.78, 5) is 0. The van der Waals surface area contributed by atoms with E-state index in [4.69, 9.17) is 0 Å². The molecule has 0 aliphatic carbocycles. The predicted octanol–water partition coefficient (Wildman–Crippen LogP) is 0.257. The summed E-state index contributed by atoms with van der Waals surface area (Å²) in [6, 6.07) is 0.121. The van der Waals surface area contributed by atoms with Crippen molar-refractivity contribution in [3.05, 3.63) is 0 Å². The van der Waals surface area contributed by atoms with E-state index in [-0.39, 0.29) is 6.04 Å². The van der Waals surface area contributed by atoms with Gasteiger partial charge in [0.25, 0.3) is 10.2 Å². The molecule has 1 fully saturated rings. The average Bonchev–Trinajstić information content (AvgIpc) is 2.68. The van der Waals surface area contributed by atoms with Gasteiger partial charge in [-0.05, 0) is 19.9 Å². The minimum atomic E-state index is -3.25. The minimum absolute atomic E-state index is 0.121. The summed E-state index contributed by atoms with van der Waals surface area (Å²) in [7, 11) is -1.38. The van der Waals surface area contributed by atoms with Crippen LogP contribution in [0.3, 0.4) is 0 Å². The summed E-state index contributed by atoms with van der Waals surface area (Å²) in [6.07, 6.45) is 1.92. The van der Waals surface area contributed by atoms with Crippen molar-refractivity contribution < 1.29 is 8.42 Å². The molecule has 96 valence electrons. The molecule has 16 heavy (non-hydrogen) atoms. The maximum atomic E-state index is 12.3. The molecular formula is C10H23N3O2S. The van der Waals surface area contributed by atoms with Crippen molar-refractivity contribution in [2.24, 2.45) is 0 Å². The van der Waals surface area contributed by atoms with Gasteiger partial charge >= 0.3 is 0 Å². The maximum Gasteiger partial charge on any atom is 0.282 e. The third-order valence-corrected chi connectivity index (χ3v) is 5.33. The molecule has 0 saturated carbocycles. The van der Waals surface area contributed by atoms with E-state index >= 15 is 0 Å². The molecule has 0 aromatic heterocycles. The lowest BCUT2D eigenvalue weighted by atomic mass is 10.2. The van der Waals surface area contributed by atoms with Crippen LogP contribution in [0.4, 0.5) is 0 Å². The second-order valence-corrected chi connectivity index (χ2v) is 5.94. The Hall–Kier alpha value is -0.170. The molecule has 5 nitrogen and oxygen atoms in total. The maximum absolute atomic E-state index is 12.3. The molecular weight excluding hydrogens is 226 g/mol. The van der Waals surface area contributed by atoms with Gasteiger partial charge in [0.15, 0.2) is 0 Å². The van der Waals surface area contributed by atoms with Gasteiger partial charge in [-0.3, -0.25) is 0 Å². The van der Waals surface area contributed by atoms with Crippen molar-refractivity contribution in [2.75, 3.05) is 33.2 Å². The fraction of sp³-hybridized carbons (Fsp3) is 1.00. The van der Waals surface area contributed by atoms with E-state index in [0.717, 1.165) is 19.4 Å². The Morgan fingerprint density at radius 2 is 2.00 bits per heavy atom. The SMILES string of the molecule is CCN(CC)S(=O)(=O)N1CCCC1CNC. The van der Waals surface area contributed by atoms with Crippen molar-refractivity contribution in [1.29, 1.82) is 0 Å². The van der Waals surface area contributed by atoms with Crippen LogP contribution >= 0.6 is 0 Å². The highest BCUT2D eigenvalue weighted by atomic mass is 32.2. The number of nitrogens with one attached hydrogen (secondary N) is 1. The van der Waals surface area contributed by atoms with E-state index in [1.807, 2.05) is 20.9 Å². The number of hydrogen-bond donors (Lipinski definition) is 1. The fourth-order valence-electron chi connectivity index (χ4n) is 2.25. The number of likely N-dealkylation sites (N-methyl/N-ethyl adjacent to an activating group) is 1. The van der Waals surface area contributed by atoms with Gasteiger partial charge in [0.05, 0.1) is 0 Å². The summed E-state index contributed by atoms with van der Waals surface area (Å²) in [6.45, 7) is 6.24. The van der Waals surface area contributed by atoms with Gasteiger partial charge in [0, 0.05) is 32.2 Å². The van der Waals surface area contributed by atoms with E-state index in [9.17, 15) is 8.42 Å². The van der Waals surface area contributed by atoms with Crippen LogP contribution in [-0.4, -0.2) is 56.3 Å². The second kappa shape index (κ2) is 5.95. The van der Waals surface area contributed by atoms with Crippen LogP contribution in [0.15, 0.2) is 0 Å². The Kier molecular flexibility index (Phi) is 5.17. The Morgan fingerprint density at radius 1 is 1.38 bits per heavy atom.